The molecule has 0 amide bonds. The summed E-state index contributed by atoms with van der Waals surface area (Å²) in [5, 5.41) is 2.70. The number of nitrogen functional groups attached to an aromatic ring is 5. The molecule has 0 atom stereocenters. The van der Waals surface area contributed by atoms with Crippen LogP contribution in [0.5, 0.6) is 11.8 Å². The molecule has 2 aromatic rings. The van der Waals surface area contributed by atoms with Gasteiger partial charge in [-0.1, -0.05) is 7.43 Å². The summed E-state index contributed by atoms with van der Waals surface area (Å²) in [4.78, 5) is 25.4. The zero-order valence-corrected chi connectivity index (χ0v) is 19.6. The SMILES string of the molecule is C.COCCOCCOc1nc(N)nc(N)c1N.COCCOCCOc1nc(N)nc(N)c1N=O. The highest BCUT2D eigenvalue weighted by atomic mass is 16.5. The summed E-state index contributed by atoms with van der Waals surface area (Å²) >= 11 is 0. The van der Waals surface area contributed by atoms with Crippen LogP contribution in [0.15, 0.2) is 5.18 Å². The van der Waals surface area contributed by atoms with Crippen molar-refractivity contribution >= 4 is 34.9 Å². The minimum atomic E-state index is -0.166. The van der Waals surface area contributed by atoms with Gasteiger partial charge in [0, 0.05) is 14.2 Å². The lowest BCUT2D eigenvalue weighted by molar-refractivity contribution is 0.0538. The van der Waals surface area contributed by atoms with Gasteiger partial charge in [0.05, 0.1) is 39.6 Å². The molecule has 0 saturated carbocycles. The maximum atomic E-state index is 10.6. The molecular weight excluding hydrogens is 480 g/mol. The van der Waals surface area contributed by atoms with E-state index in [-0.39, 0.29) is 60.7 Å². The normalized spacial score (nSPS) is 10.1. The van der Waals surface area contributed by atoms with Gasteiger partial charge in [-0.2, -0.15) is 19.9 Å². The van der Waals surface area contributed by atoms with Gasteiger partial charge in [-0.3, -0.25) is 0 Å². The number of nitrogens with zero attached hydrogens (tertiary/aromatic N) is 5. The molecule has 0 unspecified atom stereocenters. The summed E-state index contributed by atoms with van der Waals surface area (Å²) in [6.45, 7) is 3.17. The molecule has 17 heteroatoms. The van der Waals surface area contributed by atoms with E-state index in [4.69, 9.17) is 57.1 Å². The van der Waals surface area contributed by atoms with Crippen LogP contribution in [0.1, 0.15) is 7.43 Å². The third-order valence-corrected chi connectivity index (χ3v) is 3.74. The van der Waals surface area contributed by atoms with E-state index in [2.05, 4.69) is 25.1 Å². The highest BCUT2D eigenvalue weighted by Crippen LogP contribution is 2.30. The van der Waals surface area contributed by atoms with Crippen molar-refractivity contribution in [3.8, 4) is 11.8 Å². The maximum Gasteiger partial charge on any atom is 0.250 e. The fourth-order valence-electron chi connectivity index (χ4n) is 2.13. The molecule has 2 rings (SSSR count). The molecule has 2 aromatic heterocycles. The van der Waals surface area contributed by atoms with E-state index in [0.29, 0.717) is 46.2 Å². The van der Waals surface area contributed by atoms with E-state index in [9.17, 15) is 4.91 Å². The minimum Gasteiger partial charge on any atom is -0.474 e. The standard InChI is InChI=1S/C9H15N5O4.C9H17N5O3.CH4/c1-16-2-3-17-4-5-18-8-6(14-15)7(10)12-9(11)13-8;1-15-2-3-16-4-5-17-8-6(10)7(11)13-9(12)14-8;/h2-5H2,1H3,(H4,10,11,12,13);2-5,10H2,1H3,(H4,11,12,13,14);1H4. The number of hydrogen-bond donors (Lipinski definition) is 5. The average molecular weight is 517 g/mol. The lowest BCUT2D eigenvalue weighted by Crippen LogP contribution is -2.13. The minimum absolute atomic E-state index is 0. The van der Waals surface area contributed by atoms with Crippen LogP contribution in [-0.2, 0) is 18.9 Å². The number of nitrogens with two attached hydrogens (primary N) is 5. The lowest BCUT2D eigenvalue weighted by Gasteiger charge is -2.09. The Kier molecular flexibility index (Phi) is 16.6. The first-order valence-electron chi connectivity index (χ1n) is 10.2. The van der Waals surface area contributed by atoms with Crippen LogP contribution in [-0.4, -0.2) is 87.0 Å². The van der Waals surface area contributed by atoms with Gasteiger partial charge in [-0.25, -0.2) is 0 Å². The molecule has 0 aromatic carbocycles. The van der Waals surface area contributed by atoms with Crippen LogP contribution in [0.25, 0.3) is 0 Å². The van der Waals surface area contributed by atoms with Crippen molar-refractivity contribution in [2.75, 3.05) is 95.7 Å². The molecule has 0 spiro atoms. The van der Waals surface area contributed by atoms with Crippen LogP contribution in [0, 0.1) is 4.91 Å². The Hall–Kier alpha value is -3.80. The van der Waals surface area contributed by atoms with Gasteiger partial charge < -0.3 is 57.1 Å². The summed E-state index contributed by atoms with van der Waals surface area (Å²) in [6.07, 6.45) is 0. The average Bonchev–Trinajstić information content (AvgIpc) is 2.81. The summed E-state index contributed by atoms with van der Waals surface area (Å²) in [6, 6.07) is 0. The summed E-state index contributed by atoms with van der Waals surface area (Å²) in [5.74, 6) is 0.0403. The fraction of sp³-hybridized carbons (Fsp3) is 0.579. The third-order valence-electron chi connectivity index (χ3n) is 3.74. The molecule has 0 saturated heterocycles. The van der Waals surface area contributed by atoms with E-state index in [1.54, 1.807) is 14.2 Å². The van der Waals surface area contributed by atoms with Crippen molar-refractivity contribution in [2.45, 2.75) is 7.43 Å². The molecule has 0 radical (unpaired) electrons. The van der Waals surface area contributed by atoms with Crippen LogP contribution >= 0.6 is 0 Å². The summed E-state index contributed by atoms with van der Waals surface area (Å²) in [7, 11) is 3.18. The highest BCUT2D eigenvalue weighted by molar-refractivity contribution is 5.66. The monoisotopic (exact) mass is 516 g/mol. The Morgan fingerprint density at radius 3 is 1.58 bits per heavy atom. The van der Waals surface area contributed by atoms with Gasteiger partial charge in [-0.05, 0) is 5.18 Å². The van der Waals surface area contributed by atoms with Crippen LogP contribution in [0.3, 0.4) is 0 Å². The quantitative estimate of drug-likeness (QED) is 0.154. The van der Waals surface area contributed by atoms with Crippen molar-refractivity contribution in [2.24, 2.45) is 5.18 Å². The number of aromatic nitrogens is 4. The number of anilines is 5. The third kappa shape index (κ3) is 12.1. The van der Waals surface area contributed by atoms with Crippen LogP contribution in [0.2, 0.25) is 0 Å². The number of hydrogen-bond acceptors (Lipinski definition) is 17. The first-order valence-corrected chi connectivity index (χ1v) is 10.2. The van der Waals surface area contributed by atoms with Crippen molar-refractivity contribution < 1.29 is 28.4 Å². The highest BCUT2D eigenvalue weighted by Gasteiger charge is 2.13. The molecular formula is C19H36N10O7. The number of methoxy groups -OCH3 is 2. The lowest BCUT2D eigenvalue weighted by atomic mass is 10.4. The molecule has 17 nitrogen and oxygen atoms in total. The molecule has 0 fully saturated rings. The van der Waals surface area contributed by atoms with Crippen molar-refractivity contribution in [3.05, 3.63) is 4.91 Å². The fourth-order valence-corrected chi connectivity index (χ4v) is 2.13. The number of nitroso groups, excluding NO2 is 1. The number of ether oxygens (including phenoxy) is 6. The molecule has 0 aliphatic heterocycles. The van der Waals surface area contributed by atoms with Crippen LogP contribution < -0.4 is 38.1 Å². The van der Waals surface area contributed by atoms with E-state index in [1.807, 2.05) is 0 Å². The Balaban J connectivity index is 0.000000663. The second-order valence-corrected chi connectivity index (χ2v) is 6.31. The second-order valence-electron chi connectivity index (χ2n) is 6.31. The topological polar surface area (TPSA) is 266 Å². The first-order chi connectivity index (χ1) is 16.8. The molecule has 10 N–H and O–H groups in total. The van der Waals surface area contributed by atoms with Gasteiger partial charge in [0.25, 0.3) is 5.88 Å². The van der Waals surface area contributed by atoms with Crippen molar-refractivity contribution in [1.82, 2.24) is 19.9 Å². The largest absolute Gasteiger partial charge is 0.474 e. The Bertz CT molecular complexity index is 907. The van der Waals surface area contributed by atoms with E-state index < -0.39 is 0 Å². The zero-order chi connectivity index (χ0) is 26.1. The predicted molar refractivity (Wildman–Crippen MR) is 135 cm³/mol. The van der Waals surface area contributed by atoms with Gasteiger partial charge in [0.2, 0.25) is 23.5 Å². The van der Waals surface area contributed by atoms with E-state index in [1.165, 1.54) is 0 Å². The molecule has 204 valence electrons. The maximum absolute atomic E-state index is 10.6. The van der Waals surface area contributed by atoms with Gasteiger partial charge in [-0.15, -0.1) is 4.91 Å². The zero-order valence-electron chi connectivity index (χ0n) is 19.6. The predicted octanol–water partition coefficient (Wildman–Crippen LogP) is -0.0182. The Labute approximate surface area is 208 Å². The van der Waals surface area contributed by atoms with E-state index >= 15 is 0 Å². The molecule has 36 heavy (non-hydrogen) atoms. The molecule has 0 aliphatic rings. The van der Waals surface area contributed by atoms with E-state index in [0.717, 1.165) is 0 Å². The van der Waals surface area contributed by atoms with Crippen LogP contribution in [0.4, 0.5) is 34.9 Å². The van der Waals surface area contributed by atoms with Gasteiger partial charge in [0.15, 0.2) is 11.6 Å². The van der Waals surface area contributed by atoms with Crippen molar-refractivity contribution in [1.29, 1.82) is 0 Å². The summed E-state index contributed by atoms with van der Waals surface area (Å²) < 4.78 is 30.5. The van der Waals surface area contributed by atoms with Crippen molar-refractivity contribution in [3.63, 3.8) is 0 Å². The van der Waals surface area contributed by atoms with Gasteiger partial charge in [0.1, 0.15) is 18.9 Å². The first kappa shape index (κ1) is 32.2. The number of rotatable bonds is 15. The Morgan fingerprint density at radius 1 is 0.639 bits per heavy atom. The molecule has 2 heterocycles. The Morgan fingerprint density at radius 2 is 1.08 bits per heavy atom. The van der Waals surface area contributed by atoms with Gasteiger partial charge >= 0.3 is 0 Å². The molecule has 0 bridgehead atoms. The summed E-state index contributed by atoms with van der Waals surface area (Å²) in [5.41, 5.74) is 27.4. The molecule has 0 aliphatic carbocycles. The second kappa shape index (κ2) is 18.5. The smallest absolute Gasteiger partial charge is 0.250 e.